The number of pyridine rings is 1. The first-order valence-corrected chi connectivity index (χ1v) is 7.62. The minimum atomic E-state index is -0.376. The first kappa shape index (κ1) is 15.2. The van der Waals surface area contributed by atoms with E-state index in [2.05, 4.69) is 15.5 Å². The van der Waals surface area contributed by atoms with Crippen LogP contribution >= 0.6 is 0 Å². The van der Waals surface area contributed by atoms with Gasteiger partial charge in [-0.1, -0.05) is 5.16 Å². The van der Waals surface area contributed by atoms with Crippen molar-refractivity contribution in [3.05, 3.63) is 41.4 Å². The first-order chi connectivity index (χ1) is 11.1. The van der Waals surface area contributed by atoms with Crippen molar-refractivity contribution in [3.8, 4) is 0 Å². The predicted octanol–water partition coefficient (Wildman–Crippen LogP) is 2.26. The summed E-state index contributed by atoms with van der Waals surface area (Å²) in [5.41, 5.74) is 0.740. The molecule has 7 heteroatoms. The number of amides is 2. The third-order valence-corrected chi connectivity index (χ3v) is 3.76. The van der Waals surface area contributed by atoms with Gasteiger partial charge in [-0.05, 0) is 32.3 Å². The third-order valence-electron chi connectivity index (χ3n) is 3.76. The normalized spacial score (nSPS) is 14.6. The molecule has 23 heavy (non-hydrogen) atoms. The summed E-state index contributed by atoms with van der Waals surface area (Å²) in [6.45, 7) is 3.25. The van der Waals surface area contributed by atoms with Crippen LogP contribution in [0.15, 0.2) is 29.0 Å². The average molecular weight is 314 g/mol. The van der Waals surface area contributed by atoms with Crippen LogP contribution in [0, 0.1) is 6.92 Å². The molecule has 1 aliphatic rings. The Bertz CT molecular complexity index is 720. The Morgan fingerprint density at radius 1 is 1.13 bits per heavy atom. The van der Waals surface area contributed by atoms with E-state index in [0.29, 0.717) is 22.7 Å². The Kier molecular flexibility index (Phi) is 4.36. The Morgan fingerprint density at radius 2 is 1.87 bits per heavy atom. The van der Waals surface area contributed by atoms with Crippen LogP contribution in [0.25, 0.3) is 0 Å². The molecule has 0 radical (unpaired) electrons. The predicted molar refractivity (Wildman–Crippen MR) is 83.2 cm³/mol. The minimum absolute atomic E-state index is 0.0795. The van der Waals surface area contributed by atoms with Crippen molar-refractivity contribution >= 4 is 17.6 Å². The van der Waals surface area contributed by atoms with Gasteiger partial charge in [-0.2, -0.15) is 0 Å². The fourth-order valence-corrected chi connectivity index (χ4v) is 2.57. The Labute approximate surface area is 133 Å². The van der Waals surface area contributed by atoms with E-state index >= 15 is 0 Å². The summed E-state index contributed by atoms with van der Waals surface area (Å²) >= 11 is 0. The molecule has 2 aromatic rings. The molecule has 0 aliphatic carbocycles. The topological polar surface area (TPSA) is 88.3 Å². The summed E-state index contributed by atoms with van der Waals surface area (Å²) in [5, 5.41) is 6.33. The summed E-state index contributed by atoms with van der Waals surface area (Å²) in [4.78, 5) is 30.5. The third kappa shape index (κ3) is 3.56. The maximum Gasteiger partial charge on any atom is 0.258 e. The molecule has 0 saturated carbocycles. The number of piperidine rings is 1. The summed E-state index contributed by atoms with van der Waals surface area (Å²) in [6, 6.07) is 3.18. The second-order valence-electron chi connectivity index (χ2n) is 5.59. The van der Waals surface area contributed by atoms with Gasteiger partial charge >= 0.3 is 0 Å². The van der Waals surface area contributed by atoms with Gasteiger partial charge in [0.2, 0.25) is 0 Å². The fourth-order valence-electron chi connectivity index (χ4n) is 2.57. The quantitative estimate of drug-likeness (QED) is 0.938. The number of rotatable bonds is 3. The van der Waals surface area contributed by atoms with E-state index in [4.69, 9.17) is 4.52 Å². The van der Waals surface area contributed by atoms with E-state index in [1.807, 2.05) is 4.90 Å². The second kappa shape index (κ2) is 6.60. The molecule has 7 nitrogen and oxygen atoms in total. The average Bonchev–Trinajstić information content (AvgIpc) is 3.00. The fraction of sp³-hybridized carbons (Fsp3) is 0.375. The molecule has 0 atom stereocenters. The Balaban J connectivity index is 1.73. The molecular weight excluding hydrogens is 296 g/mol. The highest BCUT2D eigenvalue weighted by atomic mass is 16.5. The van der Waals surface area contributed by atoms with Gasteiger partial charge in [-0.3, -0.25) is 14.6 Å². The van der Waals surface area contributed by atoms with Gasteiger partial charge in [0.15, 0.2) is 5.82 Å². The van der Waals surface area contributed by atoms with Crippen molar-refractivity contribution in [3.63, 3.8) is 0 Å². The molecule has 0 unspecified atom stereocenters. The van der Waals surface area contributed by atoms with Crippen LogP contribution in [0.5, 0.6) is 0 Å². The smallest absolute Gasteiger partial charge is 0.258 e. The van der Waals surface area contributed by atoms with Crippen LogP contribution in [0.4, 0.5) is 5.82 Å². The maximum atomic E-state index is 12.5. The molecular formula is C16H18N4O3. The van der Waals surface area contributed by atoms with Crippen LogP contribution in [0.3, 0.4) is 0 Å². The molecule has 120 valence electrons. The summed E-state index contributed by atoms with van der Waals surface area (Å²) < 4.78 is 4.90. The molecule has 1 fully saturated rings. The van der Waals surface area contributed by atoms with Crippen LogP contribution in [-0.2, 0) is 0 Å². The molecule has 1 N–H and O–H groups in total. The molecule has 1 aliphatic heterocycles. The van der Waals surface area contributed by atoms with Crippen molar-refractivity contribution < 1.29 is 14.1 Å². The number of carbonyl (C=O) groups excluding carboxylic acids is 2. The number of hydrogen-bond acceptors (Lipinski definition) is 5. The monoisotopic (exact) mass is 314 g/mol. The maximum absolute atomic E-state index is 12.5. The largest absolute Gasteiger partial charge is 0.360 e. The van der Waals surface area contributed by atoms with Crippen LogP contribution < -0.4 is 5.32 Å². The summed E-state index contributed by atoms with van der Waals surface area (Å²) in [6.07, 6.45) is 6.11. The van der Waals surface area contributed by atoms with Gasteiger partial charge in [0.25, 0.3) is 11.8 Å². The lowest BCUT2D eigenvalue weighted by atomic mass is 10.1. The highest BCUT2D eigenvalue weighted by Gasteiger charge is 2.20. The van der Waals surface area contributed by atoms with Gasteiger partial charge in [-0.15, -0.1) is 0 Å². The second-order valence-corrected chi connectivity index (χ2v) is 5.59. The van der Waals surface area contributed by atoms with Gasteiger partial charge in [0, 0.05) is 31.5 Å². The van der Waals surface area contributed by atoms with E-state index in [1.54, 1.807) is 19.1 Å². The lowest BCUT2D eigenvalue weighted by Crippen LogP contribution is -2.35. The lowest BCUT2D eigenvalue weighted by Gasteiger charge is -2.26. The van der Waals surface area contributed by atoms with Gasteiger partial charge in [0.1, 0.15) is 5.76 Å². The van der Waals surface area contributed by atoms with E-state index in [9.17, 15) is 9.59 Å². The number of hydrogen-bond donors (Lipinski definition) is 1. The zero-order chi connectivity index (χ0) is 16.2. The molecule has 0 spiro atoms. The van der Waals surface area contributed by atoms with Crippen molar-refractivity contribution in [1.29, 1.82) is 0 Å². The highest BCUT2D eigenvalue weighted by molar-refractivity contribution is 6.05. The number of likely N-dealkylation sites (tertiary alicyclic amines) is 1. The first-order valence-electron chi connectivity index (χ1n) is 7.62. The van der Waals surface area contributed by atoms with Gasteiger partial charge < -0.3 is 14.7 Å². The van der Waals surface area contributed by atoms with Gasteiger partial charge in [-0.25, -0.2) is 0 Å². The molecule has 3 heterocycles. The van der Waals surface area contributed by atoms with Crippen LogP contribution in [0.2, 0.25) is 0 Å². The SMILES string of the molecule is Cc1cc(NC(=O)c2cncc(C(=O)N3CCCCC3)c2)no1. The van der Waals surface area contributed by atoms with Gasteiger partial charge in [0.05, 0.1) is 11.1 Å². The zero-order valence-electron chi connectivity index (χ0n) is 12.9. The number of anilines is 1. The molecule has 2 amide bonds. The van der Waals surface area contributed by atoms with E-state index < -0.39 is 0 Å². The Hall–Kier alpha value is -2.70. The van der Waals surface area contributed by atoms with E-state index in [0.717, 1.165) is 32.4 Å². The molecule has 2 aromatic heterocycles. The number of aromatic nitrogens is 2. The molecule has 3 rings (SSSR count). The van der Waals surface area contributed by atoms with Crippen molar-refractivity contribution in [2.24, 2.45) is 0 Å². The minimum Gasteiger partial charge on any atom is -0.360 e. The van der Waals surface area contributed by atoms with Crippen molar-refractivity contribution in [2.75, 3.05) is 18.4 Å². The standard InChI is InChI=1S/C16H18N4O3/c1-11-7-14(19-23-11)18-15(21)12-8-13(10-17-9-12)16(22)20-5-3-2-4-6-20/h7-10H,2-6H2,1H3,(H,18,19,21). The van der Waals surface area contributed by atoms with Crippen molar-refractivity contribution in [2.45, 2.75) is 26.2 Å². The summed E-state index contributed by atoms with van der Waals surface area (Å²) in [7, 11) is 0. The van der Waals surface area contributed by atoms with Crippen LogP contribution in [-0.4, -0.2) is 39.9 Å². The van der Waals surface area contributed by atoms with Crippen LogP contribution in [0.1, 0.15) is 45.7 Å². The zero-order valence-corrected chi connectivity index (χ0v) is 12.9. The number of nitrogens with zero attached hydrogens (tertiary/aromatic N) is 3. The summed E-state index contributed by atoms with van der Waals surface area (Å²) in [5.74, 6) is 0.482. The number of aryl methyl sites for hydroxylation is 1. The highest BCUT2D eigenvalue weighted by Crippen LogP contribution is 2.14. The Morgan fingerprint density at radius 3 is 2.57 bits per heavy atom. The molecule has 1 saturated heterocycles. The lowest BCUT2D eigenvalue weighted by molar-refractivity contribution is 0.0724. The molecule has 0 bridgehead atoms. The number of nitrogens with one attached hydrogen (secondary N) is 1. The van der Waals surface area contributed by atoms with E-state index in [-0.39, 0.29) is 11.8 Å². The number of carbonyl (C=O) groups is 2. The molecule has 0 aromatic carbocycles. The van der Waals surface area contributed by atoms with Crippen molar-refractivity contribution in [1.82, 2.24) is 15.0 Å². The van der Waals surface area contributed by atoms with E-state index in [1.165, 1.54) is 12.4 Å².